The predicted molar refractivity (Wildman–Crippen MR) is 77.1 cm³/mol. The Morgan fingerprint density at radius 2 is 2.05 bits per heavy atom. The summed E-state index contributed by atoms with van der Waals surface area (Å²) in [7, 11) is 0. The van der Waals surface area contributed by atoms with E-state index in [0.717, 1.165) is 23.4 Å². The zero-order valence-electron chi connectivity index (χ0n) is 12.2. The lowest BCUT2D eigenvalue weighted by atomic mass is 10.1. The highest BCUT2D eigenvalue weighted by atomic mass is 16.5. The van der Waals surface area contributed by atoms with E-state index in [9.17, 15) is 4.79 Å². The number of carbonyl (C=O) groups is 1. The van der Waals surface area contributed by atoms with Crippen molar-refractivity contribution in [1.29, 1.82) is 0 Å². The van der Waals surface area contributed by atoms with Crippen LogP contribution >= 0.6 is 0 Å². The molecule has 1 rings (SSSR count). The second-order valence-corrected chi connectivity index (χ2v) is 5.73. The lowest BCUT2D eigenvalue weighted by Crippen LogP contribution is -2.35. The Balaban J connectivity index is 2.74. The number of carbonyl (C=O) groups excluding carboxylic acids is 1. The smallest absolute Gasteiger partial charge is 0.220 e. The Kier molecular flexibility index (Phi) is 5.36. The molecule has 0 radical (unpaired) electrons. The number of hydrogen-bond donors (Lipinski definition) is 2. The molecule has 0 bridgehead atoms. The second-order valence-electron chi connectivity index (χ2n) is 5.73. The molecule has 0 saturated carbocycles. The molecule has 0 unspecified atom stereocenters. The fraction of sp³-hybridized carbons (Fsp3) is 0.533. The molecule has 0 atom stereocenters. The van der Waals surface area contributed by atoms with Crippen molar-refractivity contribution in [2.45, 2.75) is 46.2 Å². The van der Waals surface area contributed by atoms with Crippen LogP contribution in [0.4, 0.5) is 0 Å². The number of rotatable bonds is 6. The highest BCUT2D eigenvalue weighted by Crippen LogP contribution is 2.24. The topological polar surface area (TPSA) is 64.3 Å². The molecule has 0 fully saturated rings. The molecule has 0 aliphatic heterocycles. The van der Waals surface area contributed by atoms with Gasteiger partial charge in [0.15, 0.2) is 0 Å². The monoisotopic (exact) mass is 264 g/mol. The molecule has 0 aromatic heterocycles. The first-order chi connectivity index (χ1) is 8.79. The van der Waals surface area contributed by atoms with Crippen LogP contribution in [-0.2, 0) is 11.3 Å². The maximum Gasteiger partial charge on any atom is 0.220 e. The third-order valence-corrected chi connectivity index (χ3v) is 2.70. The van der Waals surface area contributed by atoms with Gasteiger partial charge in [0.25, 0.3) is 0 Å². The average molecular weight is 264 g/mol. The van der Waals surface area contributed by atoms with E-state index in [1.54, 1.807) is 0 Å². The number of benzene rings is 1. The maximum atomic E-state index is 10.7. The summed E-state index contributed by atoms with van der Waals surface area (Å²) in [5, 5.41) is 3.43. The molecule has 4 heteroatoms. The van der Waals surface area contributed by atoms with Gasteiger partial charge in [-0.15, -0.1) is 0 Å². The van der Waals surface area contributed by atoms with Crippen LogP contribution in [-0.4, -0.2) is 18.1 Å². The summed E-state index contributed by atoms with van der Waals surface area (Å²) < 4.78 is 5.70. The summed E-state index contributed by atoms with van der Waals surface area (Å²) in [4.78, 5) is 10.7. The lowest BCUT2D eigenvalue weighted by molar-refractivity contribution is -0.118. The minimum absolute atomic E-state index is 0.0498. The fourth-order valence-electron chi connectivity index (χ4n) is 1.67. The average Bonchev–Trinajstić information content (AvgIpc) is 2.27. The minimum Gasteiger partial charge on any atom is -0.492 e. The van der Waals surface area contributed by atoms with Crippen molar-refractivity contribution in [3.05, 3.63) is 29.3 Å². The van der Waals surface area contributed by atoms with Gasteiger partial charge in [0.1, 0.15) is 5.75 Å². The molecule has 0 saturated heterocycles. The van der Waals surface area contributed by atoms with Crippen molar-refractivity contribution in [3.63, 3.8) is 0 Å². The van der Waals surface area contributed by atoms with Gasteiger partial charge in [-0.1, -0.05) is 18.2 Å². The highest BCUT2D eigenvalue weighted by molar-refractivity contribution is 5.73. The van der Waals surface area contributed by atoms with Crippen LogP contribution in [0.5, 0.6) is 5.75 Å². The van der Waals surface area contributed by atoms with Gasteiger partial charge in [-0.05, 0) is 33.3 Å². The van der Waals surface area contributed by atoms with Gasteiger partial charge < -0.3 is 15.8 Å². The summed E-state index contributed by atoms with van der Waals surface area (Å²) in [5.41, 5.74) is 7.33. The zero-order chi connectivity index (χ0) is 14.5. The maximum absolute atomic E-state index is 10.7. The first kappa shape index (κ1) is 15.5. The van der Waals surface area contributed by atoms with Gasteiger partial charge in [-0.25, -0.2) is 0 Å². The molecule has 0 spiro atoms. The Hall–Kier alpha value is -1.55. The first-order valence-corrected chi connectivity index (χ1v) is 6.54. The molecule has 106 valence electrons. The number of ether oxygens (including phenoxy) is 1. The van der Waals surface area contributed by atoms with Crippen LogP contribution in [0.1, 0.15) is 38.3 Å². The van der Waals surface area contributed by atoms with Crippen LogP contribution in [0.25, 0.3) is 0 Å². The van der Waals surface area contributed by atoms with Crippen molar-refractivity contribution in [2.75, 3.05) is 6.61 Å². The van der Waals surface area contributed by atoms with Crippen LogP contribution in [0.2, 0.25) is 0 Å². The summed E-state index contributed by atoms with van der Waals surface area (Å²) in [5.74, 6) is 0.503. The van der Waals surface area contributed by atoms with Crippen LogP contribution in [0, 0.1) is 6.92 Å². The van der Waals surface area contributed by atoms with Crippen LogP contribution in [0.15, 0.2) is 18.2 Å². The van der Waals surface area contributed by atoms with Crippen molar-refractivity contribution in [3.8, 4) is 5.75 Å². The van der Waals surface area contributed by atoms with E-state index in [4.69, 9.17) is 10.5 Å². The van der Waals surface area contributed by atoms with Gasteiger partial charge in [-0.2, -0.15) is 0 Å². The van der Waals surface area contributed by atoms with E-state index >= 15 is 0 Å². The molecule has 0 heterocycles. The Morgan fingerprint density at radius 1 is 1.37 bits per heavy atom. The molecular weight excluding hydrogens is 240 g/mol. The second kappa shape index (κ2) is 6.57. The molecule has 19 heavy (non-hydrogen) atoms. The van der Waals surface area contributed by atoms with E-state index < -0.39 is 0 Å². The Labute approximate surface area is 115 Å². The van der Waals surface area contributed by atoms with Crippen LogP contribution in [0.3, 0.4) is 0 Å². The van der Waals surface area contributed by atoms with E-state index in [1.807, 2.05) is 25.1 Å². The third kappa shape index (κ3) is 5.75. The highest BCUT2D eigenvalue weighted by Gasteiger charge is 2.12. The zero-order valence-corrected chi connectivity index (χ0v) is 12.2. The number of nitrogens with two attached hydrogens (primary N) is 1. The number of primary amides is 1. The van der Waals surface area contributed by atoms with E-state index in [1.165, 1.54) is 0 Å². The van der Waals surface area contributed by atoms with Crippen molar-refractivity contribution in [1.82, 2.24) is 5.32 Å². The van der Waals surface area contributed by atoms with Crippen molar-refractivity contribution >= 4 is 5.91 Å². The molecule has 1 aromatic carbocycles. The largest absolute Gasteiger partial charge is 0.492 e. The Morgan fingerprint density at radius 3 is 2.63 bits per heavy atom. The normalized spacial score (nSPS) is 11.4. The summed E-state index contributed by atoms with van der Waals surface area (Å²) in [6, 6.07) is 6.04. The van der Waals surface area contributed by atoms with Gasteiger partial charge in [0.05, 0.1) is 13.0 Å². The van der Waals surface area contributed by atoms with Crippen LogP contribution < -0.4 is 15.8 Å². The molecule has 1 aromatic rings. The molecule has 0 aliphatic rings. The minimum atomic E-state index is -0.344. The van der Waals surface area contributed by atoms with E-state index in [-0.39, 0.29) is 17.9 Å². The lowest BCUT2D eigenvalue weighted by Gasteiger charge is -2.22. The number of amides is 1. The van der Waals surface area contributed by atoms with Gasteiger partial charge in [0, 0.05) is 17.6 Å². The van der Waals surface area contributed by atoms with Gasteiger partial charge in [0.2, 0.25) is 5.91 Å². The summed E-state index contributed by atoms with van der Waals surface area (Å²) in [6.45, 7) is 9.42. The van der Waals surface area contributed by atoms with E-state index in [2.05, 4.69) is 26.1 Å². The van der Waals surface area contributed by atoms with Gasteiger partial charge >= 0.3 is 0 Å². The van der Waals surface area contributed by atoms with Crippen molar-refractivity contribution < 1.29 is 9.53 Å². The number of hydrogen-bond acceptors (Lipinski definition) is 3. The van der Waals surface area contributed by atoms with Gasteiger partial charge in [-0.3, -0.25) is 4.79 Å². The number of aryl methyl sites for hydroxylation is 1. The summed E-state index contributed by atoms with van der Waals surface area (Å²) in [6.07, 6.45) is 0.237. The molecule has 0 aliphatic carbocycles. The van der Waals surface area contributed by atoms with E-state index in [0.29, 0.717) is 6.61 Å². The number of para-hydroxylation sites is 1. The third-order valence-electron chi connectivity index (χ3n) is 2.70. The molecular formula is C15H24N2O2. The molecule has 1 amide bonds. The number of nitrogens with one attached hydrogen (secondary N) is 1. The SMILES string of the molecule is Cc1cccc(CNC(C)(C)C)c1OCCC(N)=O. The first-order valence-electron chi connectivity index (χ1n) is 6.54. The standard InChI is InChI=1S/C15H24N2O2/c1-11-6-5-7-12(10-17-15(2,3)4)14(11)19-9-8-13(16)18/h5-7,17H,8-10H2,1-4H3,(H2,16,18). The molecule has 4 nitrogen and oxygen atoms in total. The Bertz CT molecular complexity index is 436. The predicted octanol–water partition coefficient (Wildman–Crippen LogP) is 2.14. The molecule has 3 N–H and O–H groups in total. The quantitative estimate of drug-likeness (QED) is 0.827. The van der Waals surface area contributed by atoms with Crippen molar-refractivity contribution in [2.24, 2.45) is 5.73 Å². The summed E-state index contributed by atoms with van der Waals surface area (Å²) >= 11 is 0. The fourth-order valence-corrected chi connectivity index (χ4v) is 1.67.